The molecule has 0 spiro atoms. The minimum absolute atomic E-state index is 0.645. The summed E-state index contributed by atoms with van der Waals surface area (Å²) in [5.74, 6) is -1.01. The molecule has 0 bridgehead atoms. The van der Waals surface area contributed by atoms with E-state index in [0.29, 0.717) is 5.56 Å². The first-order valence-electron chi connectivity index (χ1n) is 6.24. The number of fused-ring (bicyclic) bond motifs is 3. The second kappa shape index (κ2) is 3.93. The third-order valence-electron chi connectivity index (χ3n) is 3.84. The zero-order chi connectivity index (χ0) is 13.6. The molecule has 0 saturated carbocycles. The van der Waals surface area contributed by atoms with Gasteiger partial charge in [0.25, 0.3) is 0 Å². The maximum Gasteiger partial charge on any atom is 0.328 e. The van der Waals surface area contributed by atoms with E-state index in [1.165, 1.54) is 23.6 Å². The van der Waals surface area contributed by atoms with Crippen molar-refractivity contribution < 1.29 is 9.90 Å². The van der Waals surface area contributed by atoms with Crippen LogP contribution in [-0.2, 0) is 16.8 Å². The molecule has 0 aromatic heterocycles. The first-order valence-corrected chi connectivity index (χ1v) is 6.24. The van der Waals surface area contributed by atoms with E-state index in [0.717, 1.165) is 12.0 Å². The molecular weight excluding hydrogens is 238 g/mol. The number of carboxylic acid groups (broad SMARTS) is 1. The van der Waals surface area contributed by atoms with Crippen molar-refractivity contribution in [3.8, 4) is 11.1 Å². The van der Waals surface area contributed by atoms with Gasteiger partial charge < -0.3 is 10.8 Å². The van der Waals surface area contributed by atoms with Crippen LogP contribution in [0.4, 0.5) is 0 Å². The van der Waals surface area contributed by atoms with Gasteiger partial charge in [0, 0.05) is 0 Å². The number of hydrogen-bond acceptors (Lipinski definition) is 2. The first kappa shape index (κ1) is 11.9. The molecule has 0 aliphatic heterocycles. The number of carbonyl (C=O) groups is 1. The lowest BCUT2D eigenvalue weighted by Gasteiger charge is -2.20. The standard InChI is InChI=1S/C16H15NO2/c1-16(17,15(18)19)12-6-7-14-11(9-12)8-10-4-2-3-5-13(10)14/h2-7,9H,8,17H2,1H3,(H,18,19). The Bertz CT molecular complexity index is 674. The summed E-state index contributed by atoms with van der Waals surface area (Å²) in [5.41, 5.74) is 10.0. The monoisotopic (exact) mass is 253 g/mol. The fourth-order valence-electron chi connectivity index (χ4n) is 2.59. The van der Waals surface area contributed by atoms with Gasteiger partial charge in [0.15, 0.2) is 0 Å². The van der Waals surface area contributed by atoms with Crippen LogP contribution >= 0.6 is 0 Å². The fourth-order valence-corrected chi connectivity index (χ4v) is 2.59. The Morgan fingerprint density at radius 1 is 1.16 bits per heavy atom. The minimum Gasteiger partial charge on any atom is -0.480 e. The predicted molar refractivity (Wildman–Crippen MR) is 73.9 cm³/mol. The summed E-state index contributed by atoms with van der Waals surface area (Å²) in [5, 5.41) is 9.19. The molecular formula is C16H15NO2. The Balaban J connectivity index is 2.10. The van der Waals surface area contributed by atoms with Gasteiger partial charge in [0.1, 0.15) is 5.54 Å². The van der Waals surface area contributed by atoms with Crippen molar-refractivity contribution in [3.63, 3.8) is 0 Å². The van der Waals surface area contributed by atoms with Crippen LogP contribution in [0.15, 0.2) is 42.5 Å². The fraction of sp³-hybridized carbons (Fsp3) is 0.188. The summed E-state index contributed by atoms with van der Waals surface area (Å²) in [4.78, 5) is 11.2. The van der Waals surface area contributed by atoms with Gasteiger partial charge in [-0.05, 0) is 41.2 Å². The molecule has 1 unspecified atom stereocenters. The maximum atomic E-state index is 11.2. The zero-order valence-electron chi connectivity index (χ0n) is 10.7. The summed E-state index contributed by atoms with van der Waals surface area (Å²) in [6, 6.07) is 14.0. The zero-order valence-corrected chi connectivity index (χ0v) is 10.7. The Kier molecular flexibility index (Phi) is 2.47. The average molecular weight is 253 g/mol. The van der Waals surface area contributed by atoms with E-state index in [2.05, 4.69) is 12.1 Å². The number of hydrogen-bond donors (Lipinski definition) is 2. The summed E-state index contributed by atoms with van der Waals surface area (Å²) < 4.78 is 0. The highest BCUT2D eigenvalue weighted by Gasteiger charge is 2.31. The summed E-state index contributed by atoms with van der Waals surface area (Å²) >= 11 is 0. The van der Waals surface area contributed by atoms with Crippen molar-refractivity contribution in [1.29, 1.82) is 0 Å². The van der Waals surface area contributed by atoms with Crippen LogP contribution in [0.3, 0.4) is 0 Å². The van der Waals surface area contributed by atoms with E-state index in [-0.39, 0.29) is 0 Å². The maximum absolute atomic E-state index is 11.2. The molecule has 3 rings (SSSR count). The van der Waals surface area contributed by atoms with Gasteiger partial charge in [-0.15, -0.1) is 0 Å². The summed E-state index contributed by atoms with van der Waals surface area (Å²) in [7, 11) is 0. The van der Waals surface area contributed by atoms with E-state index >= 15 is 0 Å². The second-order valence-electron chi connectivity index (χ2n) is 5.21. The molecule has 96 valence electrons. The Hall–Kier alpha value is -2.13. The lowest BCUT2D eigenvalue weighted by atomic mass is 9.90. The van der Waals surface area contributed by atoms with Crippen LogP contribution < -0.4 is 5.73 Å². The van der Waals surface area contributed by atoms with Gasteiger partial charge in [-0.3, -0.25) is 0 Å². The van der Waals surface area contributed by atoms with E-state index in [1.807, 2.05) is 30.3 Å². The molecule has 3 heteroatoms. The third kappa shape index (κ3) is 1.74. The first-order chi connectivity index (χ1) is 9.00. The number of carboxylic acids is 1. The van der Waals surface area contributed by atoms with Crippen molar-refractivity contribution in [3.05, 3.63) is 59.2 Å². The topological polar surface area (TPSA) is 63.3 Å². The highest BCUT2D eigenvalue weighted by molar-refractivity contribution is 5.82. The van der Waals surface area contributed by atoms with Crippen LogP contribution in [0.5, 0.6) is 0 Å². The molecule has 1 aliphatic carbocycles. The molecule has 19 heavy (non-hydrogen) atoms. The average Bonchev–Trinajstić information content (AvgIpc) is 2.75. The highest BCUT2D eigenvalue weighted by Crippen LogP contribution is 2.37. The van der Waals surface area contributed by atoms with Gasteiger partial charge in [0.05, 0.1) is 0 Å². The van der Waals surface area contributed by atoms with Crippen molar-refractivity contribution in [2.24, 2.45) is 5.73 Å². The van der Waals surface area contributed by atoms with E-state index in [1.54, 1.807) is 0 Å². The van der Waals surface area contributed by atoms with Gasteiger partial charge in [-0.1, -0.05) is 42.5 Å². The molecule has 1 atom stereocenters. The summed E-state index contributed by atoms with van der Waals surface area (Å²) in [6.07, 6.45) is 0.842. The number of aliphatic carboxylic acids is 1. The van der Waals surface area contributed by atoms with Crippen molar-refractivity contribution in [2.75, 3.05) is 0 Å². The van der Waals surface area contributed by atoms with Gasteiger partial charge in [-0.2, -0.15) is 0 Å². The van der Waals surface area contributed by atoms with Crippen molar-refractivity contribution in [2.45, 2.75) is 18.9 Å². The molecule has 0 saturated heterocycles. The predicted octanol–water partition coefficient (Wildman–Crippen LogP) is 2.52. The second-order valence-corrected chi connectivity index (χ2v) is 5.21. The Morgan fingerprint density at radius 2 is 1.84 bits per heavy atom. The molecule has 2 aromatic rings. The number of nitrogens with two attached hydrogens (primary N) is 1. The molecule has 0 heterocycles. The number of rotatable bonds is 2. The van der Waals surface area contributed by atoms with E-state index in [9.17, 15) is 9.90 Å². The minimum atomic E-state index is -1.34. The molecule has 3 N–H and O–H groups in total. The quantitative estimate of drug-likeness (QED) is 0.737. The molecule has 3 nitrogen and oxygen atoms in total. The lowest BCUT2D eigenvalue weighted by molar-refractivity contribution is -0.143. The van der Waals surface area contributed by atoms with Crippen LogP contribution in [0.1, 0.15) is 23.6 Å². The van der Waals surface area contributed by atoms with E-state index in [4.69, 9.17) is 5.73 Å². The van der Waals surface area contributed by atoms with Gasteiger partial charge in [0.2, 0.25) is 0 Å². The Labute approximate surface area is 111 Å². The van der Waals surface area contributed by atoms with Crippen LogP contribution in [0.25, 0.3) is 11.1 Å². The molecule has 0 amide bonds. The van der Waals surface area contributed by atoms with Crippen molar-refractivity contribution >= 4 is 5.97 Å². The molecule has 1 aliphatic rings. The molecule has 0 radical (unpaired) electrons. The normalized spacial score (nSPS) is 15.5. The molecule has 0 fully saturated rings. The van der Waals surface area contributed by atoms with Gasteiger partial charge in [-0.25, -0.2) is 4.79 Å². The number of benzene rings is 2. The summed E-state index contributed by atoms with van der Waals surface area (Å²) in [6.45, 7) is 1.53. The van der Waals surface area contributed by atoms with Gasteiger partial charge >= 0.3 is 5.97 Å². The van der Waals surface area contributed by atoms with E-state index < -0.39 is 11.5 Å². The Morgan fingerprint density at radius 3 is 2.58 bits per heavy atom. The smallest absolute Gasteiger partial charge is 0.328 e. The van der Waals surface area contributed by atoms with Crippen molar-refractivity contribution in [1.82, 2.24) is 0 Å². The largest absolute Gasteiger partial charge is 0.480 e. The highest BCUT2D eigenvalue weighted by atomic mass is 16.4. The van der Waals surface area contributed by atoms with Crippen LogP contribution in [-0.4, -0.2) is 11.1 Å². The van der Waals surface area contributed by atoms with Crippen LogP contribution in [0.2, 0.25) is 0 Å². The molecule has 2 aromatic carbocycles. The van der Waals surface area contributed by atoms with Crippen LogP contribution in [0, 0.1) is 0 Å². The SMILES string of the molecule is CC(N)(C(=O)O)c1ccc2c(c1)Cc1ccccc1-2. The third-order valence-corrected chi connectivity index (χ3v) is 3.84. The lowest BCUT2D eigenvalue weighted by Crippen LogP contribution is -2.41.